The van der Waals surface area contributed by atoms with E-state index in [4.69, 9.17) is 11.5 Å². The average molecular weight is 355 g/mol. The lowest BCUT2D eigenvalue weighted by Gasteiger charge is -2.42. The molecular formula is C10H22IN5O. The molecule has 1 fully saturated rings. The zero-order valence-electron chi connectivity index (χ0n) is 10.6. The molecule has 0 bridgehead atoms. The summed E-state index contributed by atoms with van der Waals surface area (Å²) in [6, 6.07) is 0. The van der Waals surface area contributed by atoms with Crippen LogP contribution in [0.3, 0.4) is 0 Å². The van der Waals surface area contributed by atoms with Gasteiger partial charge in [-0.2, -0.15) is 0 Å². The third-order valence-corrected chi connectivity index (χ3v) is 3.23. The molecule has 1 amide bonds. The number of nitrogens with zero attached hydrogens (tertiary/aromatic N) is 3. The number of carbonyl (C=O) groups is 1. The van der Waals surface area contributed by atoms with Crippen LogP contribution < -0.4 is 11.5 Å². The molecule has 0 spiro atoms. The Kier molecular flexibility index (Phi) is 6.17. The number of piperazine rings is 1. The van der Waals surface area contributed by atoms with Crippen LogP contribution in [0.2, 0.25) is 0 Å². The van der Waals surface area contributed by atoms with E-state index in [-0.39, 0.29) is 29.9 Å². The van der Waals surface area contributed by atoms with Crippen molar-refractivity contribution in [3.8, 4) is 0 Å². The van der Waals surface area contributed by atoms with Gasteiger partial charge in [0.25, 0.3) is 0 Å². The van der Waals surface area contributed by atoms with Crippen LogP contribution in [0.5, 0.6) is 0 Å². The lowest BCUT2D eigenvalue weighted by Crippen LogP contribution is -2.61. The number of amides is 1. The van der Waals surface area contributed by atoms with E-state index in [2.05, 4.69) is 9.89 Å². The van der Waals surface area contributed by atoms with Crippen LogP contribution in [0, 0.1) is 0 Å². The van der Waals surface area contributed by atoms with Crippen LogP contribution in [-0.4, -0.2) is 60.4 Å². The van der Waals surface area contributed by atoms with Crippen LogP contribution >= 0.6 is 24.0 Å². The highest BCUT2D eigenvalue weighted by atomic mass is 127. The van der Waals surface area contributed by atoms with Gasteiger partial charge in [0.05, 0.1) is 5.54 Å². The van der Waals surface area contributed by atoms with Gasteiger partial charge >= 0.3 is 0 Å². The number of hydrogen-bond donors (Lipinski definition) is 2. The molecule has 0 aromatic heterocycles. The Hall–Kier alpha value is -0.570. The van der Waals surface area contributed by atoms with Crippen molar-refractivity contribution in [1.29, 1.82) is 0 Å². The lowest BCUT2D eigenvalue weighted by atomic mass is 10.0. The number of rotatable bonds is 2. The lowest BCUT2D eigenvalue weighted by molar-refractivity contribution is -0.129. The first-order valence-corrected chi connectivity index (χ1v) is 5.41. The highest BCUT2D eigenvalue weighted by molar-refractivity contribution is 14.0. The first kappa shape index (κ1) is 16.4. The Morgan fingerprint density at radius 2 is 1.65 bits per heavy atom. The second-order valence-corrected chi connectivity index (χ2v) is 4.48. The van der Waals surface area contributed by atoms with Crippen molar-refractivity contribution < 1.29 is 4.79 Å². The Morgan fingerprint density at radius 1 is 1.18 bits per heavy atom. The molecule has 0 aliphatic carbocycles. The second-order valence-electron chi connectivity index (χ2n) is 4.48. The van der Waals surface area contributed by atoms with Crippen molar-refractivity contribution in [2.75, 3.05) is 33.2 Å². The molecule has 17 heavy (non-hydrogen) atoms. The van der Waals surface area contributed by atoms with Gasteiger partial charge in [0, 0.05) is 33.2 Å². The fourth-order valence-corrected chi connectivity index (χ4v) is 1.79. The summed E-state index contributed by atoms with van der Waals surface area (Å²) in [5, 5.41) is 0. The minimum atomic E-state index is -0.593. The molecule has 7 heteroatoms. The van der Waals surface area contributed by atoms with Crippen molar-refractivity contribution in [3.05, 3.63) is 0 Å². The first-order chi connectivity index (χ1) is 7.39. The number of aliphatic imine (C=N–C) groups is 1. The van der Waals surface area contributed by atoms with Gasteiger partial charge in [0.2, 0.25) is 5.91 Å². The highest BCUT2D eigenvalue weighted by Gasteiger charge is 2.34. The predicted octanol–water partition coefficient (Wildman–Crippen LogP) is -0.570. The Bertz CT molecular complexity index is 297. The van der Waals surface area contributed by atoms with Crippen molar-refractivity contribution in [1.82, 2.24) is 9.80 Å². The normalized spacial score (nSPS) is 18.8. The molecule has 4 N–H and O–H groups in total. The summed E-state index contributed by atoms with van der Waals surface area (Å²) >= 11 is 0. The SMILES string of the molecule is CN=C(N)N1CCN(C(C)(C)C(N)=O)CC1.I. The Labute approximate surface area is 119 Å². The number of carbonyl (C=O) groups excluding carboxylic acids is 1. The fraction of sp³-hybridized carbons (Fsp3) is 0.800. The molecule has 1 heterocycles. The first-order valence-electron chi connectivity index (χ1n) is 5.41. The molecule has 1 rings (SSSR count). The van der Waals surface area contributed by atoms with Crippen LogP contribution in [0.1, 0.15) is 13.8 Å². The quantitative estimate of drug-likeness (QED) is 0.395. The van der Waals surface area contributed by atoms with E-state index >= 15 is 0 Å². The average Bonchev–Trinajstić information content (AvgIpc) is 2.28. The van der Waals surface area contributed by atoms with Gasteiger partial charge in [-0.25, -0.2) is 0 Å². The van der Waals surface area contributed by atoms with Gasteiger partial charge in [-0.1, -0.05) is 0 Å². The topological polar surface area (TPSA) is 87.9 Å². The molecule has 100 valence electrons. The maximum Gasteiger partial charge on any atom is 0.237 e. The summed E-state index contributed by atoms with van der Waals surface area (Å²) in [5.41, 5.74) is 10.5. The molecule has 1 saturated heterocycles. The third kappa shape index (κ3) is 3.70. The van der Waals surface area contributed by atoms with Crippen LogP contribution in [0.25, 0.3) is 0 Å². The van der Waals surface area contributed by atoms with Crippen molar-refractivity contribution in [3.63, 3.8) is 0 Å². The van der Waals surface area contributed by atoms with Gasteiger partial charge in [-0.3, -0.25) is 14.7 Å². The molecule has 0 saturated carbocycles. The standard InChI is InChI=1S/C10H21N5O.HI/c1-10(2,8(11)16)15-6-4-14(5-7-15)9(12)13-3;/h4-7H2,1-3H3,(H2,11,16)(H2,12,13);1H. The van der Waals surface area contributed by atoms with Crippen LogP contribution in [0.4, 0.5) is 0 Å². The van der Waals surface area contributed by atoms with E-state index in [0.717, 1.165) is 26.2 Å². The van der Waals surface area contributed by atoms with E-state index < -0.39 is 5.54 Å². The summed E-state index contributed by atoms with van der Waals surface area (Å²) in [4.78, 5) is 19.3. The summed E-state index contributed by atoms with van der Waals surface area (Å²) < 4.78 is 0. The van der Waals surface area contributed by atoms with E-state index in [0.29, 0.717) is 5.96 Å². The maximum atomic E-state index is 11.3. The number of hydrogen-bond acceptors (Lipinski definition) is 3. The number of halogens is 1. The van der Waals surface area contributed by atoms with E-state index in [9.17, 15) is 4.79 Å². The largest absolute Gasteiger partial charge is 0.370 e. The van der Waals surface area contributed by atoms with Crippen molar-refractivity contribution >= 4 is 35.8 Å². The number of primary amides is 1. The minimum absolute atomic E-state index is 0. The smallest absolute Gasteiger partial charge is 0.237 e. The van der Waals surface area contributed by atoms with E-state index in [1.165, 1.54) is 0 Å². The third-order valence-electron chi connectivity index (χ3n) is 3.23. The zero-order valence-corrected chi connectivity index (χ0v) is 13.0. The predicted molar refractivity (Wildman–Crippen MR) is 79.4 cm³/mol. The number of guanidine groups is 1. The second kappa shape index (κ2) is 6.39. The van der Waals surface area contributed by atoms with Gasteiger partial charge in [-0.05, 0) is 13.8 Å². The van der Waals surface area contributed by atoms with Crippen molar-refractivity contribution in [2.24, 2.45) is 16.5 Å². The summed E-state index contributed by atoms with van der Waals surface area (Å²) in [6.45, 7) is 6.79. The molecule has 1 aliphatic rings. The van der Waals surface area contributed by atoms with E-state index in [1.807, 2.05) is 18.7 Å². The molecule has 0 aromatic carbocycles. The van der Waals surface area contributed by atoms with Crippen LogP contribution in [0.15, 0.2) is 4.99 Å². The molecule has 6 nitrogen and oxygen atoms in total. The molecule has 0 radical (unpaired) electrons. The van der Waals surface area contributed by atoms with Gasteiger partial charge in [0.1, 0.15) is 0 Å². The monoisotopic (exact) mass is 355 g/mol. The Morgan fingerprint density at radius 3 is 2.00 bits per heavy atom. The molecular weight excluding hydrogens is 333 g/mol. The molecule has 0 atom stereocenters. The summed E-state index contributed by atoms with van der Waals surface area (Å²) in [7, 11) is 1.68. The molecule has 1 aliphatic heterocycles. The van der Waals surface area contributed by atoms with Crippen molar-refractivity contribution in [2.45, 2.75) is 19.4 Å². The molecule has 0 unspecified atom stereocenters. The molecule has 0 aromatic rings. The fourth-order valence-electron chi connectivity index (χ4n) is 1.79. The summed E-state index contributed by atoms with van der Waals surface area (Å²) in [6.07, 6.45) is 0. The number of nitrogens with two attached hydrogens (primary N) is 2. The Balaban J connectivity index is 0.00000256. The minimum Gasteiger partial charge on any atom is -0.370 e. The van der Waals surface area contributed by atoms with E-state index in [1.54, 1.807) is 7.05 Å². The van der Waals surface area contributed by atoms with Gasteiger partial charge in [0.15, 0.2) is 5.96 Å². The van der Waals surface area contributed by atoms with Gasteiger partial charge < -0.3 is 16.4 Å². The van der Waals surface area contributed by atoms with Gasteiger partial charge in [-0.15, -0.1) is 24.0 Å². The van der Waals surface area contributed by atoms with Crippen LogP contribution in [-0.2, 0) is 4.79 Å². The maximum absolute atomic E-state index is 11.3. The zero-order chi connectivity index (χ0) is 12.3. The summed E-state index contributed by atoms with van der Waals surface area (Å²) in [5.74, 6) is 0.259. The highest BCUT2D eigenvalue weighted by Crippen LogP contribution is 2.16.